The number of aryl methyl sites for hydroxylation is 2. The van der Waals surface area contributed by atoms with Gasteiger partial charge in [0, 0.05) is 23.9 Å². The molecular formula is C23H23N3O. The van der Waals surface area contributed by atoms with Gasteiger partial charge in [-0.15, -0.1) is 0 Å². The van der Waals surface area contributed by atoms with E-state index >= 15 is 0 Å². The molecule has 1 unspecified atom stereocenters. The van der Waals surface area contributed by atoms with E-state index in [0.29, 0.717) is 0 Å². The number of ether oxygens (including phenoxy) is 1. The molecule has 1 aliphatic rings. The van der Waals surface area contributed by atoms with Crippen molar-refractivity contribution in [1.29, 1.82) is 0 Å². The molecule has 0 saturated heterocycles. The van der Waals surface area contributed by atoms with E-state index in [-0.39, 0.29) is 6.04 Å². The molecule has 2 aromatic carbocycles. The summed E-state index contributed by atoms with van der Waals surface area (Å²) < 4.78 is 5.31. The van der Waals surface area contributed by atoms with Crippen LogP contribution in [0.25, 0.3) is 0 Å². The molecule has 0 fully saturated rings. The molecule has 0 spiro atoms. The molecule has 2 heterocycles. The normalized spacial score (nSPS) is 16.3. The van der Waals surface area contributed by atoms with E-state index in [9.17, 15) is 0 Å². The maximum atomic E-state index is 5.31. The minimum atomic E-state index is 0.148. The van der Waals surface area contributed by atoms with Gasteiger partial charge in [0.05, 0.1) is 24.6 Å². The van der Waals surface area contributed by atoms with Crippen LogP contribution in [0.1, 0.15) is 34.8 Å². The number of nitrogens with zero attached hydrogens (tertiary/aromatic N) is 3. The SMILES string of the molecule is COc1ccc(C2CC(c3ccc(C)nc3)=NN2c2ccc(C)cc2)cc1. The second kappa shape index (κ2) is 7.23. The molecule has 27 heavy (non-hydrogen) atoms. The Morgan fingerprint density at radius 2 is 1.67 bits per heavy atom. The second-order valence-electron chi connectivity index (χ2n) is 6.91. The van der Waals surface area contributed by atoms with Crippen LogP contribution in [0.5, 0.6) is 5.75 Å². The van der Waals surface area contributed by atoms with Crippen LogP contribution >= 0.6 is 0 Å². The van der Waals surface area contributed by atoms with E-state index in [4.69, 9.17) is 9.84 Å². The molecule has 4 rings (SSSR count). The molecular weight excluding hydrogens is 334 g/mol. The Hall–Kier alpha value is -3.14. The predicted molar refractivity (Wildman–Crippen MR) is 110 cm³/mol. The third-order valence-corrected chi connectivity index (χ3v) is 4.95. The summed E-state index contributed by atoms with van der Waals surface area (Å²) in [5, 5.41) is 7.09. The van der Waals surface area contributed by atoms with Gasteiger partial charge in [0.1, 0.15) is 5.75 Å². The molecule has 1 aliphatic heterocycles. The van der Waals surface area contributed by atoms with Crippen molar-refractivity contribution >= 4 is 11.4 Å². The van der Waals surface area contributed by atoms with Crippen molar-refractivity contribution in [3.05, 3.63) is 89.2 Å². The van der Waals surface area contributed by atoms with E-state index in [0.717, 1.165) is 34.8 Å². The Morgan fingerprint density at radius 3 is 2.30 bits per heavy atom. The highest BCUT2D eigenvalue weighted by atomic mass is 16.5. The van der Waals surface area contributed by atoms with E-state index in [1.807, 2.05) is 31.3 Å². The summed E-state index contributed by atoms with van der Waals surface area (Å²) in [4.78, 5) is 4.44. The fraction of sp³-hybridized carbons (Fsp3) is 0.217. The van der Waals surface area contributed by atoms with Crippen molar-refractivity contribution in [2.75, 3.05) is 12.1 Å². The lowest BCUT2D eigenvalue weighted by molar-refractivity contribution is 0.414. The lowest BCUT2D eigenvalue weighted by Crippen LogP contribution is -2.18. The van der Waals surface area contributed by atoms with E-state index < -0.39 is 0 Å². The Kier molecular flexibility index (Phi) is 4.63. The number of pyridine rings is 1. The van der Waals surface area contributed by atoms with Crippen molar-refractivity contribution in [2.45, 2.75) is 26.3 Å². The molecule has 0 bridgehead atoms. The molecule has 1 aromatic heterocycles. The third kappa shape index (κ3) is 3.56. The lowest BCUT2D eigenvalue weighted by atomic mass is 9.98. The molecule has 3 aromatic rings. The number of hydrogen-bond acceptors (Lipinski definition) is 4. The van der Waals surface area contributed by atoms with Crippen LogP contribution in [0.2, 0.25) is 0 Å². The fourth-order valence-electron chi connectivity index (χ4n) is 3.34. The van der Waals surface area contributed by atoms with Crippen LogP contribution < -0.4 is 9.75 Å². The zero-order valence-electron chi connectivity index (χ0n) is 15.9. The van der Waals surface area contributed by atoms with Gasteiger partial charge in [0.2, 0.25) is 0 Å². The number of aromatic nitrogens is 1. The molecule has 1 atom stereocenters. The number of hydrazone groups is 1. The van der Waals surface area contributed by atoms with Gasteiger partial charge in [-0.3, -0.25) is 9.99 Å². The molecule has 136 valence electrons. The first kappa shape index (κ1) is 17.3. The van der Waals surface area contributed by atoms with E-state index in [1.165, 1.54) is 11.1 Å². The zero-order valence-corrected chi connectivity index (χ0v) is 15.9. The molecule has 0 aliphatic carbocycles. The van der Waals surface area contributed by atoms with Gasteiger partial charge in [-0.25, -0.2) is 0 Å². The molecule has 0 N–H and O–H groups in total. The van der Waals surface area contributed by atoms with Crippen molar-refractivity contribution in [3.8, 4) is 5.75 Å². The summed E-state index contributed by atoms with van der Waals surface area (Å²) in [7, 11) is 1.69. The average molecular weight is 357 g/mol. The molecule has 0 saturated carbocycles. The summed E-state index contributed by atoms with van der Waals surface area (Å²) >= 11 is 0. The Morgan fingerprint density at radius 1 is 0.926 bits per heavy atom. The van der Waals surface area contributed by atoms with Gasteiger partial charge < -0.3 is 4.74 Å². The van der Waals surface area contributed by atoms with Gasteiger partial charge in [-0.2, -0.15) is 5.10 Å². The summed E-state index contributed by atoms with van der Waals surface area (Å²) in [6.45, 7) is 4.10. The first-order chi connectivity index (χ1) is 13.1. The summed E-state index contributed by atoms with van der Waals surface area (Å²) in [5.74, 6) is 0.863. The Balaban J connectivity index is 1.72. The molecule has 4 heteroatoms. The van der Waals surface area contributed by atoms with Crippen LogP contribution in [0.15, 0.2) is 72.0 Å². The van der Waals surface area contributed by atoms with Crippen LogP contribution in [0.3, 0.4) is 0 Å². The third-order valence-electron chi connectivity index (χ3n) is 4.95. The fourth-order valence-corrected chi connectivity index (χ4v) is 3.34. The van der Waals surface area contributed by atoms with Crippen LogP contribution in [0, 0.1) is 13.8 Å². The van der Waals surface area contributed by atoms with Crippen molar-refractivity contribution in [2.24, 2.45) is 5.10 Å². The second-order valence-corrected chi connectivity index (χ2v) is 6.91. The quantitative estimate of drug-likeness (QED) is 0.655. The van der Waals surface area contributed by atoms with Crippen molar-refractivity contribution in [3.63, 3.8) is 0 Å². The minimum Gasteiger partial charge on any atom is -0.497 e. The Labute approximate surface area is 160 Å². The largest absolute Gasteiger partial charge is 0.497 e. The number of methoxy groups -OCH3 is 1. The number of anilines is 1. The molecule has 0 radical (unpaired) electrons. The maximum absolute atomic E-state index is 5.31. The van der Waals surface area contributed by atoms with E-state index in [1.54, 1.807) is 7.11 Å². The summed E-state index contributed by atoms with van der Waals surface area (Å²) in [5.41, 5.74) is 6.70. The van der Waals surface area contributed by atoms with Crippen LogP contribution in [-0.4, -0.2) is 17.8 Å². The zero-order chi connectivity index (χ0) is 18.8. The standard InChI is InChI=1S/C23H23N3O/c1-16-4-10-20(11-5-16)26-23(18-8-12-21(27-3)13-9-18)14-22(25-26)19-7-6-17(2)24-15-19/h4-13,15,23H,14H2,1-3H3. The first-order valence-corrected chi connectivity index (χ1v) is 9.14. The molecule has 4 nitrogen and oxygen atoms in total. The van der Waals surface area contributed by atoms with Gasteiger partial charge in [-0.1, -0.05) is 29.8 Å². The summed E-state index contributed by atoms with van der Waals surface area (Å²) in [6.07, 6.45) is 2.75. The number of benzene rings is 2. The maximum Gasteiger partial charge on any atom is 0.118 e. The van der Waals surface area contributed by atoms with Gasteiger partial charge in [0.25, 0.3) is 0 Å². The topological polar surface area (TPSA) is 37.7 Å². The predicted octanol–water partition coefficient (Wildman–Crippen LogP) is 5.06. The molecule has 0 amide bonds. The van der Waals surface area contributed by atoms with Crippen molar-refractivity contribution < 1.29 is 4.74 Å². The average Bonchev–Trinajstić information content (AvgIpc) is 3.14. The minimum absolute atomic E-state index is 0.148. The first-order valence-electron chi connectivity index (χ1n) is 9.14. The van der Waals surface area contributed by atoms with Crippen LogP contribution in [-0.2, 0) is 0 Å². The Bertz CT molecular complexity index is 944. The van der Waals surface area contributed by atoms with Gasteiger partial charge in [-0.05, 0) is 55.8 Å². The smallest absolute Gasteiger partial charge is 0.118 e. The highest BCUT2D eigenvalue weighted by Crippen LogP contribution is 2.37. The monoisotopic (exact) mass is 357 g/mol. The highest BCUT2D eigenvalue weighted by Gasteiger charge is 2.30. The lowest BCUT2D eigenvalue weighted by Gasteiger charge is -2.24. The van der Waals surface area contributed by atoms with Crippen molar-refractivity contribution in [1.82, 2.24) is 4.98 Å². The summed E-state index contributed by atoms with van der Waals surface area (Å²) in [6, 6.07) is 21.1. The van der Waals surface area contributed by atoms with Gasteiger partial charge in [0.15, 0.2) is 0 Å². The number of hydrogen-bond donors (Lipinski definition) is 0. The number of rotatable bonds is 4. The van der Waals surface area contributed by atoms with E-state index in [2.05, 4.69) is 59.4 Å². The van der Waals surface area contributed by atoms with Crippen LogP contribution in [0.4, 0.5) is 5.69 Å². The van der Waals surface area contributed by atoms with Gasteiger partial charge >= 0.3 is 0 Å². The highest BCUT2D eigenvalue weighted by molar-refractivity contribution is 6.03.